The molecule has 0 aromatic rings. The molecular weight excluding hydrogens is 158 g/mol. The molecule has 1 aliphatic heterocycles. The molecule has 0 N–H and O–H groups in total. The Balaban J connectivity index is 2.11. The van der Waals surface area contributed by atoms with Crippen LogP contribution in [0.15, 0.2) is 0 Å². The highest BCUT2D eigenvalue weighted by atomic mass is 16.7. The topological polar surface area (TPSA) is 46.6 Å². The van der Waals surface area contributed by atoms with Crippen molar-refractivity contribution in [2.24, 2.45) is 11.8 Å². The molecule has 2 fully saturated rings. The van der Waals surface area contributed by atoms with Crippen LogP contribution in [-0.4, -0.2) is 24.0 Å². The van der Waals surface area contributed by atoms with E-state index in [-0.39, 0.29) is 17.7 Å². The Morgan fingerprint density at radius 3 is 2.50 bits per heavy atom. The fourth-order valence-electron chi connectivity index (χ4n) is 1.69. The molecule has 66 valence electrons. The second-order valence-corrected chi connectivity index (χ2v) is 3.36. The molecule has 1 heterocycles. The van der Waals surface area contributed by atoms with Gasteiger partial charge in [0.25, 0.3) is 11.8 Å². The van der Waals surface area contributed by atoms with Crippen LogP contribution < -0.4 is 0 Å². The standard InChI is InChI=1S/C8H11NO3/c1-12-9-7(10)4-6(8(9)11)5-2-3-5/h5-6H,2-4H2,1H3. The van der Waals surface area contributed by atoms with Crippen LogP contribution in [-0.2, 0) is 14.4 Å². The maximum atomic E-state index is 11.4. The van der Waals surface area contributed by atoms with Crippen LogP contribution in [0.1, 0.15) is 19.3 Å². The summed E-state index contributed by atoms with van der Waals surface area (Å²) in [4.78, 5) is 27.2. The second-order valence-electron chi connectivity index (χ2n) is 3.36. The SMILES string of the molecule is CON1C(=O)CC(C2CC2)C1=O. The first-order valence-corrected chi connectivity index (χ1v) is 4.15. The van der Waals surface area contributed by atoms with E-state index in [1.807, 2.05) is 0 Å². The molecule has 1 saturated carbocycles. The summed E-state index contributed by atoms with van der Waals surface area (Å²) in [5.41, 5.74) is 0. The van der Waals surface area contributed by atoms with Crippen LogP contribution in [0.4, 0.5) is 0 Å². The fraction of sp³-hybridized carbons (Fsp3) is 0.750. The van der Waals surface area contributed by atoms with Gasteiger partial charge < -0.3 is 0 Å². The van der Waals surface area contributed by atoms with Crippen LogP contribution in [0.2, 0.25) is 0 Å². The Labute approximate surface area is 70.4 Å². The van der Waals surface area contributed by atoms with Crippen LogP contribution in [0.3, 0.4) is 0 Å². The zero-order chi connectivity index (χ0) is 8.72. The molecule has 2 aliphatic rings. The predicted molar refractivity (Wildman–Crippen MR) is 39.7 cm³/mol. The van der Waals surface area contributed by atoms with Gasteiger partial charge in [-0.05, 0) is 18.8 Å². The van der Waals surface area contributed by atoms with E-state index in [1.165, 1.54) is 7.11 Å². The van der Waals surface area contributed by atoms with Crippen molar-refractivity contribution < 1.29 is 14.4 Å². The molecule has 1 saturated heterocycles. The summed E-state index contributed by atoms with van der Waals surface area (Å²) >= 11 is 0. The van der Waals surface area contributed by atoms with Gasteiger partial charge in [0, 0.05) is 6.42 Å². The number of carbonyl (C=O) groups is 2. The van der Waals surface area contributed by atoms with E-state index in [0.717, 1.165) is 17.9 Å². The third kappa shape index (κ3) is 1.03. The Hall–Kier alpha value is -0.900. The highest BCUT2D eigenvalue weighted by Crippen LogP contribution is 2.42. The lowest BCUT2D eigenvalue weighted by Crippen LogP contribution is -2.29. The summed E-state index contributed by atoms with van der Waals surface area (Å²) in [5.74, 6) is 0.0171. The first kappa shape index (κ1) is 7.73. The Morgan fingerprint density at radius 2 is 2.08 bits per heavy atom. The minimum absolute atomic E-state index is 0.0857. The number of rotatable bonds is 2. The van der Waals surface area contributed by atoms with Gasteiger partial charge in [0.2, 0.25) is 0 Å². The highest BCUT2D eigenvalue weighted by molar-refractivity contribution is 6.02. The van der Waals surface area contributed by atoms with Gasteiger partial charge in [-0.3, -0.25) is 14.4 Å². The maximum Gasteiger partial charge on any atom is 0.257 e. The number of carbonyl (C=O) groups excluding carboxylic acids is 2. The molecule has 2 amide bonds. The molecule has 0 radical (unpaired) electrons. The van der Waals surface area contributed by atoms with E-state index in [0.29, 0.717) is 12.3 Å². The molecule has 1 unspecified atom stereocenters. The number of hydrogen-bond donors (Lipinski definition) is 0. The van der Waals surface area contributed by atoms with E-state index >= 15 is 0 Å². The smallest absolute Gasteiger partial charge is 0.257 e. The van der Waals surface area contributed by atoms with Gasteiger partial charge in [-0.15, -0.1) is 0 Å². The van der Waals surface area contributed by atoms with Crippen LogP contribution in [0.5, 0.6) is 0 Å². The maximum absolute atomic E-state index is 11.4. The van der Waals surface area contributed by atoms with Gasteiger partial charge >= 0.3 is 0 Å². The van der Waals surface area contributed by atoms with Crippen molar-refractivity contribution in [3.05, 3.63) is 0 Å². The molecule has 12 heavy (non-hydrogen) atoms. The minimum Gasteiger partial charge on any atom is -0.272 e. The van der Waals surface area contributed by atoms with Crippen molar-refractivity contribution in [3.8, 4) is 0 Å². The van der Waals surface area contributed by atoms with Crippen molar-refractivity contribution in [2.75, 3.05) is 7.11 Å². The number of hydrogen-bond acceptors (Lipinski definition) is 3. The first-order chi connectivity index (χ1) is 5.74. The second kappa shape index (κ2) is 2.55. The van der Waals surface area contributed by atoms with Crippen LogP contribution >= 0.6 is 0 Å². The van der Waals surface area contributed by atoms with Gasteiger partial charge in [0.15, 0.2) is 0 Å². The Kier molecular flexibility index (Phi) is 1.65. The van der Waals surface area contributed by atoms with Gasteiger partial charge in [-0.1, -0.05) is 0 Å². The fourth-order valence-corrected chi connectivity index (χ4v) is 1.69. The van der Waals surface area contributed by atoms with Crippen molar-refractivity contribution in [1.29, 1.82) is 0 Å². The van der Waals surface area contributed by atoms with Crippen molar-refractivity contribution in [1.82, 2.24) is 5.06 Å². The van der Waals surface area contributed by atoms with E-state index in [9.17, 15) is 9.59 Å². The molecule has 0 bridgehead atoms. The Morgan fingerprint density at radius 1 is 1.42 bits per heavy atom. The van der Waals surface area contributed by atoms with Crippen molar-refractivity contribution >= 4 is 11.8 Å². The van der Waals surface area contributed by atoms with Gasteiger partial charge in [0.05, 0.1) is 13.0 Å². The van der Waals surface area contributed by atoms with Gasteiger partial charge in [-0.25, -0.2) is 0 Å². The molecule has 0 aromatic heterocycles. The zero-order valence-electron chi connectivity index (χ0n) is 6.95. The molecule has 1 aliphatic carbocycles. The molecule has 4 heteroatoms. The molecule has 4 nitrogen and oxygen atoms in total. The average Bonchev–Trinajstić information content (AvgIpc) is 2.80. The normalized spacial score (nSPS) is 30.1. The lowest BCUT2D eigenvalue weighted by molar-refractivity contribution is -0.180. The van der Waals surface area contributed by atoms with Gasteiger partial charge in [0.1, 0.15) is 0 Å². The Bertz CT molecular complexity index is 234. The quantitative estimate of drug-likeness (QED) is 0.560. The number of imide groups is 1. The summed E-state index contributed by atoms with van der Waals surface area (Å²) in [7, 11) is 1.35. The first-order valence-electron chi connectivity index (χ1n) is 4.15. The summed E-state index contributed by atoms with van der Waals surface area (Å²) in [6, 6.07) is 0. The average molecular weight is 169 g/mol. The van der Waals surface area contributed by atoms with Crippen molar-refractivity contribution in [3.63, 3.8) is 0 Å². The van der Waals surface area contributed by atoms with E-state index in [4.69, 9.17) is 0 Å². The van der Waals surface area contributed by atoms with Crippen LogP contribution in [0.25, 0.3) is 0 Å². The predicted octanol–water partition coefficient (Wildman–Crippen LogP) is 0.333. The lowest BCUT2D eigenvalue weighted by Gasteiger charge is -2.09. The highest BCUT2D eigenvalue weighted by Gasteiger charge is 2.47. The molecular formula is C8H11NO3. The summed E-state index contributed by atoms with van der Waals surface area (Å²) in [6.07, 6.45) is 2.51. The number of amides is 2. The molecule has 0 spiro atoms. The summed E-state index contributed by atoms with van der Waals surface area (Å²) in [6.45, 7) is 0. The molecule has 2 rings (SSSR count). The minimum atomic E-state index is -0.195. The number of hydroxylamine groups is 2. The summed E-state index contributed by atoms with van der Waals surface area (Å²) in [5, 5.41) is 0.892. The van der Waals surface area contributed by atoms with Gasteiger partial charge in [-0.2, -0.15) is 5.06 Å². The third-order valence-corrected chi connectivity index (χ3v) is 2.51. The largest absolute Gasteiger partial charge is 0.272 e. The lowest BCUT2D eigenvalue weighted by atomic mass is 10.0. The summed E-state index contributed by atoms with van der Waals surface area (Å²) < 4.78 is 0. The monoisotopic (exact) mass is 169 g/mol. The van der Waals surface area contributed by atoms with E-state index < -0.39 is 0 Å². The van der Waals surface area contributed by atoms with Crippen molar-refractivity contribution in [2.45, 2.75) is 19.3 Å². The molecule has 0 aromatic carbocycles. The third-order valence-electron chi connectivity index (χ3n) is 2.51. The van der Waals surface area contributed by atoms with E-state index in [1.54, 1.807) is 0 Å². The van der Waals surface area contributed by atoms with E-state index in [2.05, 4.69) is 4.84 Å². The van der Waals surface area contributed by atoms with Crippen LogP contribution in [0, 0.1) is 11.8 Å². The zero-order valence-corrected chi connectivity index (χ0v) is 6.95. The number of nitrogens with zero attached hydrogens (tertiary/aromatic N) is 1. The molecule has 1 atom stereocenters.